The molecule has 20 heavy (non-hydrogen) atoms. The van der Waals surface area contributed by atoms with Crippen LogP contribution in [0.2, 0.25) is 0 Å². The van der Waals surface area contributed by atoms with Crippen molar-refractivity contribution in [1.82, 2.24) is 14.9 Å². The molecule has 2 aromatic rings. The lowest BCUT2D eigenvalue weighted by Crippen LogP contribution is -2.35. The zero-order valence-corrected chi connectivity index (χ0v) is 11.9. The van der Waals surface area contributed by atoms with Gasteiger partial charge in [0.15, 0.2) is 0 Å². The molecule has 0 aliphatic rings. The quantitative estimate of drug-likeness (QED) is 0.917. The number of aromatic nitrogens is 2. The normalized spacial score (nSPS) is 12.2. The van der Waals surface area contributed by atoms with E-state index in [9.17, 15) is 9.18 Å². The van der Waals surface area contributed by atoms with Crippen molar-refractivity contribution >= 4 is 17.4 Å². The molecule has 1 amide bonds. The van der Waals surface area contributed by atoms with Crippen molar-refractivity contribution < 1.29 is 13.9 Å². The molecule has 2 rings (SSSR count). The Labute approximate surface area is 119 Å². The van der Waals surface area contributed by atoms with Crippen LogP contribution in [0.3, 0.4) is 0 Å². The molecule has 0 saturated heterocycles. The molecular formula is C13H14FN3O2S. The Morgan fingerprint density at radius 2 is 2.15 bits per heavy atom. The van der Waals surface area contributed by atoms with Gasteiger partial charge in [0.1, 0.15) is 16.4 Å². The van der Waals surface area contributed by atoms with Crippen LogP contribution in [0.4, 0.5) is 4.39 Å². The number of amides is 1. The van der Waals surface area contributed by atoms with Gasteiger partial charge in [0.2, 0.25) is 0 Å². The number of rotatable bonds is 5. The highest BCUT2D eigenvalue weighted by molar-refractivity contribution is 7.08. The van der Waals surface area contributed by atoms with E-state index in [1.165, 1.54) is 12.1 Å². The largest absolute Gasteiger partial charge is 0.383 e. The Hall–Kier alpha value is -1.86. The van der Waals surface area contributed by atoms with E-state index in [1.807, 2.05) is 6.92 Å². The highest BCUT2D eigenvalue weighted by atomic mass is 32.1. The summed E-state index contributed by atoms with van der Waals surface area (Å²) in [5, 5.41) is 6.74. The molecule has 0 spiro atoms. The van der Waals surface area contributed by atoms with Crippen LogP contribution >= 0.6 is 11.5 Å². The Bertz CT molecular complexity index is 586. The van der Waals surface area contributed by atoms with E-state index in [4.69, 9.17) is 4.74 Å². The van der Waals surface area contributed by atoms with Gasteiger partial charge < -0.3 is 10.1 Å². The monoisotopic (exact) mass is 295 g/mol. The van der Waals surface area contributed by atoms with Crippen molar-refractivity contribution in [3.8, 4) is 11.3 Å². The van der Waals surface area contributed by atoms with Gasteiger partial charge in [-0.05, 0) is 42.7 Å². The Morgan fingerprint density at radius 3 is 2.80 bits per heavy atom. The van der Waals surface area contributed by atoms with Gasteiger partial charge in [-0.3, -0.25) is 4.79 Å². The van der Waals surface area contributed by atoms with Crippen LogP contribution < -0.4 is 5.32 Å². The number of ether oxygens (including phenoxy) is 1. The van der Waals surface area contributed by atoms with Crippen molar-refractivity contribution in [1.29, 1.82) is 0 Å². The van der Waals surface area contributed by atoms with Crippen LogP contribution in [0.25, 0.3) is 11.3 Å². The molecule has 106 valence electrons. The van der Waals surface area contributed by atoms with E-state index >= 15 is 0 Å². The van der Waals surface area contributed by atoms with Crippen molar-refractivity contribution in [2.24, 2.45) is 0 Å². The average Bonchev–Trinajstić information content (AvgIpc) is 2.89. The summed E-state index contributed by atoms with van der Waals surface area (Å²) in [6.07, 6.45) is 0. The van der Waals surface area contributed by atoms with Crippen LogP contribution in [0, 0.1) is 5.82 Å². The summed E-state index contributed by atoms with van der Waals surface area (Å²) in [6.45, 7) is 2.26. The zero-order valence-electron chi connectivity index (χ0n) is 11.1. The van der Waals surface area contributed by atoms with E-state index in [2.05, 4.69) is 14.9 Å². The summed E-state index contributed by atoms with van der Waals surface area (Å²) in [5.41, 5.74) is 1.11. The van der Waals surface area contributed by atoms with Gasteiger partial charge in [-0.25, -0.2) is 4.39 Å². The number of halogens is 1. The van der Waals surface area contributed by atoms with Crippen LogP contribution in [0.1, 0.15) is 16.6 Å². The number of carbonyl (C=O) groups excluding carboxylic acids is 1. The average molecular weight is 295 g/mol. The fourth-order valence-corrected chi connectivity index (χ4v) is 2.31. The minimum Gasteiger partial charge on any atom is -0.383 e. The second-order valence-corrected chi connectivity index (χ2v) is 5.04. The van der Waals surface area contributed by atoms with Crippen molar-refractivity contribution in [2.45, 2.75) is 13.0 Å². The molecule has 0 fully saturated rings. The molecule has 0 saturated carbocycles. The summed E-state index contributed by atoms with van der Waals surface area (Å²) >= 11 is 1.01. The van der Waals surface area contributed by atoms with E-state index in [1.54, 1.807) is 19.2 Å². The molecule has 0 aliphatic heterocycles. The highest BCUT2D eigenvalue weighted by Crippen LogP contribution is 2.24. The molecule has 1 aromatic heterocycles. The summed E-state index contributed by atoms with van der Waals surface area (Å²) < 4.78 is 21.7. The highest BCUT2D eigenvalue weighted by Gasteiger charge is 2.19. The molecule has 0 bridgehead atoms. The number of hydrogen-bond acceptors (Lipinski definition) is 5. The van der Waals surface area contributed by atoms with Gasteiger partial charge >= 0.3 is 0 Å². The third-order valence-corrected chi connectivity index (χ3v) is 3.33. The van der Waals surface area contributed by atoms with E-state index in [0.717, 1.165) is 11.5 Å². The maximum atomic E-state index is 12.9. The summed E-state index contributed by atoms with van der Waals surface area (Å²) in [6, 6.07) is 5.67. The SMILES string of the molecule is COC[C@@H](C)NC(=O)c1snnc1-c1ccc(F)cc1. The third-order valence-electron chi connectivity index (χ3n) is 2.61. The number of benzene rings is 1. The fourth-order valence-electron chi connectivity index (χ4n) is 1.72. The van der Waals surface area contributed by atoms with Crippen LogP contribution in [-0.4, -0.2) is 35.3 Å². The molecule has 1 N–H and O–H groups in total. The van der Waals surface area contributed by atoms with E-state index < -0.39 is 0 Å². The van der Waals surface area contributed by atoms with Crippen LogP contribution in [-0.2, 0) is 4.74 Å². The first-order valence-electron chi connectivity index (χ1n) is 6.00. The first kappa shape index (κ1) is 14.5. The maximum Gasteiger partial charge on any atom is 0.265 e. The number of nitrogens with one attached hydrogen (secondary N) is 1. The first-order chi connectivity index (χ1) is 9.61. The van der Waals surface area contributed by atoms with E-state index in [0.29, 0.717) is 22.7 Å². The third kappa shape index (κ3) is 3.37. The predicted molar refractivity (Wildman–Crippen MR) is 74.1 cm³/mol. The molecular weight excluding hydrogens is 281 g/mol. The summed E-state index contributed by atoms with van der Waals surface area (Å²) in [4.78, 5) is 12.5. The van der Waals surface area contributed by atoms with Gasteiger partial charge in [0.05, 0.1) is 6.61 Å². The summed E-state index contributed by atoms with van der Waals surface area (Å²) in [5.74, 6) is -0.597. The van der Waals surface area contributed by atoms with Crippen molar-refractivity contribution in [3.63, 3.8) is 0 Å². The molecule has 0 radical (unpaired) electrons. The molecule has 5 nitrogen and oxygen atoms in total. The lowest BCUT2D eigenvalue weighted by Gasteiger charge is -2.11. The van der Waals surface area contributed by atoms with Crippen LogP contribution in [0.15, 0.2) is 24.3 Å². The Kier molecular flexibility index (Phi) is 4.75. The second kappa shape index (κ2) is 6.53. The second-order valence-electron chi connectivity index (χ2n) is 4.29. The predicted octanol–water partition coefficient (Wildman–Crippen LogP) is 2.11. The molecule has 0 aliphatic carbocycles. The number of methoxy groups -OCH3 is 1. The minimum absolute atomic E-state index is 0.115. The number of nitrogens with zero attached hydrogens (tertiary/aromatic N) is 2. The maximum absolute atomic E-state index is 12.9. The molecule has 0 unspecified atom stereocenters. The number of carbonyl (C=O) groups is 1. The summed E-state index contributed by atoms with van der Waals surface area (Å²) in [7, 11) is 1.57. The van der Waals surface area contributed by atoms with Crippen LogP contribution in [0.5, 0.6) is 0 Å². The number of hydrogen-bond donors (Lipinski definition) is 1. The van der Waals surface area contributed by atoms with Gasteiger partial charge in [-0.15, -0.1) is 5.10 Å². The van der Waals surface area contributed by atoms with Crippen molar-refractivity contribution in [2.75, 3.05) is 13.7 Å². The minimum atomic E-state index is -0.336. The van der Waals surface area contributed by atoms with Gasteiger partial charge in [0, 0.05) is 18.7 Å². The van der Waals surface area contributed by atoms with Gasteiger partial charge in [0.25, 0.3) is 5.91 Å². The standard InChI is InChI=1S/C13H14FN3O2S/c1-8(7-19-2)15-13(18)12-11(16-17-20-12)9-3-5-10(14)6-4-9/h3-6,8H,7H2,1-2H3,(H,15,18)/t8-/m1/s1. The lowest BCUT2D eigenvalue weighted by molar-refractivity contribution is 0.0910. The van der Waals surface area contributed by atoms with E-state index in [-0.39, 0.29) is 17.8 Å². The topological polar surface area (TPSA) is 64.1 Å². The zero-order chi connectivity index (χ0) is 14.5. The smallest absolute Gasteiger partial charge is 0.265 e. The fraction of sp³-hybridized carbons (Fsp3) is 0.308. The van der Waals surface area contributed by atoms with Crippen molar-refractivity contribution in [3.05, 3.63) is 35.0 Å². The Balaban J connectivity index is 2.20. The molecule has 1 atom stereocenters. The Morgan fingerprint density at radius 1 is 1.45 bits per heavy atom. The van der Waals surface area contributed by atoms with Gasteiger partial charge in [-0.1, -0.05) is 4.49 Å². The van der Waals surface area contributed by atoms with Gasteiger partial charge in [-0.2, -0.15) is 0 Å². The first-order valence-corrected chi connectivity index (χ1v) is 6.77. The molecule has 1 heterocycles. The molecule has 7 heteroatoms. The molecule has 1 aromatic carbocycles. The lowest BCUT2D eigenvalue weighted by atomic mass is 10.1.